The maximum atomic E-state index is 12.7. The number of benzene rings is 1. The van der Waals surface area contributed by atoms with Gasteiger partial charge in [-0.3, -0.25) is 14.5 Å². The van der Waals surface area contributed by atoms with E-state index < -0.39 is 11.6 Å². The van der Waals surface area contributed by atoms with Gasteiger partial charge < -0.3 is 15.4 Å². The number of imide groups is 1. The van der Waals surface area contributed by atoms with E-state index in [1.807, 2.05) is 31.2 Å². The van der Waals surface area contributed by atoms with E-state index in [-0.39, 0.29) is 18.4 Å². The molecule has 1 aromatic rings. The number of rotatable bonds is 9. The molecule has 0 radical (unpaired) electrons. The van der Waals surface area contributed by atoms with E-state index in [0.29, 0.717) is 19.4 Å². The molecule has 2 N–H and O–H groups in total. The molecule has 26 heavy (non-hydrogen) atoms. The van der Waals surface area contributed by atoms with Crippen LogP contribution < -0.4 is 15.4 Å². The number of unbranched alkanes of at least 4 members (excludes halogenated alkanes) is 1. The van der Waals surface area contributed by atoms with E-state index in [9.17, 15) is 14.4 Å². The average molecular weight is 361 g/mol. The average Bonchev–Trinajstić information content (AvgIpc) is 2.84. The maximum Gasteiger partial charge on any atom is 0.325 e. The molecule has 1 atom stereocenters. The molecule has 7 heteroatoms. The van der Waals surface area contributed by atoms with Gasteiger partial charge in [-0.15, -0.1) is 0 Å². The van der Waals surface area contributed by atoms with Crippen LogP contribution in [0.25, 0.3) is 0 Å². The second kappa shape index (κ2) is 8.69. The molecule has 0 bridgehead atoms. The standard InChI is InChI=1S/C19H27N3O4/c1-4-5-12-20-16(23)13-22-17(24)19(2,21-18(22)25)11-10-14-6-8-15(26-3)9-7-14/h6-9H,4-5,10-13H2,1-3H3,(H,20,23)(H,21,25)/t19-/m1/s1. The summed E-state index contributed by atoms with van der Waals surface area (Å²) in [7, 11) is 1.61. The Bertz CT molecular complexity index is 659. The molecule has 0 aliphatic carbocycles. The van der Waals surface area contributed by atoms with Crippen molar-refractivity contribution in [2.75, 3.05) is 20.2 Å². The first-order valence-corrected chi connectivity index (χ1v) is 8.93. The smallest absolute Gasteiger partial charge is 0.325 e. The normalized spacial score (nSPS) is 19.4. The lowest BCUT2D eigenvalue weighted by Crippen LogP contribution is -2.45. The largest absolute Gasteiger partial charge is 0.497 e. The van der Waals surface area contributed by atoms with Gasteiger partial charge in [0.2, 0.25) is 5.91 Å². The van der Waals surface area contributed by atoms with Crippen LogP contribution in [0.5, 0.6) is 5.75 Å². The number of nitrogens with zero attached hydrogens (tertiary/aromatic N) is 1. The summed E-state index contributed by atoms with van der Waals surface area (Å²) in [5, 5.41) is 5.45. The number of ether oxygens (including phenoxy) is 1. The zero-order valence-corrected chi connectivity index (χ0v) is 15.6. The van der Waals surface area contributed by atoms with Crippen molar-refractivity contribution in [2.24, 2.45) is 0 Å². The fraction of sp³-hybridized carbons (Fsp3) is 0.526. The van der Waals surface area contributed by atoms with Gasteiger partial charge in [0.15, 0.2) is 0 Å². The number of methoxy groups -OCH3 is 1. The number of carbonyl (C=O) groups excluding carboxylic acids is 3. The highest BCUT2D eigenvalue weighted by Gasteiger charge is 2.47. The lowest BCUT2D eigenvalue weighted by Gasteiger charge is -2.21. The lowest BCUT2D eigenvalue weighted by molar-refractivity contribution is -0.134. The molecule has 1 aliphatic rings. The number of hydrogen-bond acceptors (Lipinski definition) is 4. The van der Waals surface area contributed by atoms with Crippen LogP contribution in [0.2, 0.25) is 0 Å². The van der Waals surface area contributed by atoms with E-state index in [4.69, 9.17) is 4.74 Å². The first kappa shape index (κ1) is 19.8. The molecule has 1 fully saturated rings. The highest BCUT2D eigenvalue weighted by Crippen LogP contribution is 2.23. The van der Waals surface area contributed by atoms with Gasteiger partial charge in [-0.2, -0.15) is 0 Å². The van der Waals surface area contributed by atoms with Crippen LogP contribution in [0.1, 0.15) is 38.7 Å². The molecule has 0 spiro atoms. The van der Waals surface area contributed by atoms with Crippen LogP contribution in [-0.4, -0.2) is 48.5 Å². The van der Waals surface area contributed by atoms with Gasteiger partial charge >= 0.3 is 6.03 Å². The molecule has 2 rings (SSSR count). The highest BCUT2D eigenvalue weighted by molar-refractivity contribution is 6.08. The summed E-state index contributed by atoms with van der Waals surface area (Å²) >= 11 is 0. The fourth-order valence-corrected chi connectivity index (χ4v) is 2.85. The van der Waals surface area contributed by atoms with E-state index in [1.165, 1.54) is 0 Å². The third kappa shape index (κ3) is 4.74. The molecular formula is C19H27N3O4. The predicted molar refractivity (Wildman–Crippen MR) is 97.9 cm³/mol. The summed E-state index contributed by atoms with van der Waals surface area (Å²) in [6, 6.07) is 7.07. The van der Waals surface area contributed by atoms with Crippen molar-refractivity contribution < 1.29 is 19.1 Å². The van der Waals surface area contributed by atoms with Gasteiger partial charge in [0.25, 0.3) is 5.91 Å². The summed E-state index contributed by atoms with van der Waals surface area (Å²) in [6.45, 7) is 4.03. The topological polar surface area (TPSA) is 87.7 Å². The Morgan fingerprint density at radius 2 is 1.96 bits per heavy atom. The molecule has 142 valence electrons. The molecule has 1 aliphatic heterocycles. The maximum absolute atomic E-state index is 12.7. The molecule has 4 amide bonds. The van der Waals surface area contributed by atoms with Crippen molar-refractivity contribution in [3.63, 3.8) is 0 Å². The van der Waals surface area contributed by atoms with Crippen LogP contribution in [-0.2, 0) is 16.0 Å². The molecular weight excluding hydrogens is 334 g/mol. The molecule has 1 saturated heterocycles. The van der Waals surface area contributed by atoms with Crippen molar-refractivity contribution >= 4 is 17.8 Å². The van der Waals surface area contributed by atoms with E-state index >= 15 is 0 Å². The van der Waals surface area contributed by atoms with E-state index in [1.54, 1.807) is 14.0 Å². The summed E-state index contributed by atoms with van der Waals surface area (Å²) in [6.07, 6.45) is 2.92. The monoisotopic (exact) mass is 361 g/mol. The number of nitrogens with one attached hydrogen (secondary N) is 2. The second-order valence-corrected chi connectivity index (χ2v) is 6.71. The number of carbonyl (C=O) groups is 3. The Labute approximate surface area is 154 Å². The highest BCUT2D eigenvalue weighted by atomic mass is 16.5. The number of urea groups is 1. The van der Waals surface area contributed by atoms with Gasteiger partial charge in [-0.25, -0.2) is 4.79 Å². The molecule has 1 aromatic carbocycles. The molecule has 0 unspecified atom stereocenters. The first-order chi connectivity index (χ1) is 12.4. The van der Waals surface area contributed by atoms with E-state index in [0.717, 1.165) is 29.1 Å². The Balaban J connectivity index is 1.93. The van der Waals surface area contributed by atoms with Crippen LogP contribution in [0.3, 0.4) is 0 Å². The second-order valence-electron chi connectivity index (χ2n) is 6.71. The zero-order chi connectivity index (χ0) is 19.2. The third-order valence-corrected chi connectivity index (χ3v) is 4.57. The lowest BCUT2D eigenvalue weighted by atomic mass is 9.93. The minimum absolute atomic E-state index is 0.244. The van der Waals surface area contributed by atoms with Crippen LogP contribution in [0.15, 0.2) is 24.3 Å². The SMILES string of the molecule is CCCCNC(=O)CN1C(=O)N[C@](C)(CCc2ccc(OC)cc2)C1=O. The van der Waals surface area contributed by atoms with Gasteiger partial charge in [0, 0.05) is 6.54 Å². The number of amides is 4. The van der Waals surface area contributed by atoms with Crippen molar-refractivity contribution in [3.8, 4) is 5.75 Å². The van der Waals surface area contributed by atoms with Crippen LogP contribution in [0, 0.1) is 0 Å². The zero-order valence-electron chi connectivity index (χ0n) is 15.6. The van der Waals surface area contributed by atoms with Gasteiger partial charge in [-0.1, -0.05) is 25.5 Å². The fourth-order valence-electron chi connectivity index (χ4n) is 2.85. The quantitative estimate of drug-likeness (QED) is 0.519. The molecule has 1 heterocycles. The third-order valence-electron chi connectivity index (χ3n) is 4.57. The summed E-state index contributed by atoms with van der Waals surface area (Å²) < 4.78 is 5.13. The number of aryl methyl sites for hydroxylation is 1. The Morgan fingerprint density at radius 1 is 1.27 bits per heavy atom. The minimum Gasteiger partial charge on any atom is -0.497 e. The molecule has 0 aromatic heterocycles. The first-order valence-electron chi connectivity index (χ1n) is 8.93. The van der Waals surface area contributed by atoms with Gasteiger partial charge in [0.1, 0.15) is 17.8 Å². The molecule has 0 saturated carbocycles. The Kier molecular flexibility index (Phi) is 6.60. The predicted octanol–water partition coefficient (Wildman–Crippen LogP) is 1.85. The summed E-state index contributed by atoms with van der Waals surface area (Å²) in [5.74, 6) is 0.0912. The number of hydrogen-bond donors (Lipinski definition) is 2. The van der Waals surface area contributed by atoms with Crippen molar-refractivity contribution in [1.82, 2.24) is 15.5 Å². The van der Waals surface area contributed by atoms with Crippen molar-refractivity contribution in [1.29, 1.82) is 0 Å². The van der Waals surface area contributed by atoms with E-state index in [2.05, 4.69) is 10.6 Å². The van der Waals surface area contributed by atoms with Crippen molar-refractivity contribution in [2.45, 2.75) is 45.1 Å². The summed E-state index contributed by atoms with van der Waals surface area (Å²) in [5.41, 5.74) is 0.0468. The Hall–Kier alpha value is -2.57. The van der Waals surface area contributed by atoms with Crippen LogP contribution in [0.4, 0.5) is 4.79 Å². The minimum atomic E-state index is -0.999. The molecule has 7 nitrogen and oxygen atoms in total. The Morgan fingerprint density at radius 3 is 2.58 bits per heavy atom. The van der Waals surface area contributed by atoms with Gasteiger partial charge in [-0.05, 0) is 43.9 Å². The summed E-state index contributed by atoms with van der Waals surface area (Å²) in [4.78, 5) is 37.7. The van der Waals surface area contributed by atoms with Crippen molar-refractivity contribution in [3.05, 3.63) is 29.8 Å². The van der Waals surface area contributed by atoms with Crippen LogP contribution >= 0.6 is 0 Å². The van der Waals surface area contributed by atoms with Gasteiger partial charge in [0.05, 0.1) is 7.11 Å².